The molecule has 0 aliphatic heterocycles. The molecule has 0 aliphatic carbocycles. The zero-order valence-electron chi connectivity index (χ0n) is 75.2. The molecule has 2 aromatic carbocycles. The van der Waals surface area contributed by atoms with Crippen LogP contribution in [-0.4, -0.2) is 114 Å². The molecule has 0 bridgehead atoms. The smallest absolute Gasteiger partial charge is 0.744 e. The van der Waals surface area contributed by atoms with Gasteiger partial charge in [-0.15, -0.1) is 0 Å². The van der Waals surface area contributed by atoms with E-state index in [0.717, 1.165) is 102 Å². The molecule has 0 saturated carbocycles. The molecule has 0 N–H and O–H groups in total. The number of hydrogen-bond acceptors (Lipinski definition) is 14. The number of unbranched alkanes of at least 4 members (excludes halogenated alkanes) is 60. The summed E-state index contributed by atoms with van der Waals surface area (Å²) in [5, 5.41) is 0. The van der Waals surface area contributed by atoms with Crippen molar-refractivity contribution in [3.63, 3.8) is 0 Å². The van der Waals surface area contributed by atoms with E-state index >= 15 is 0 Å². The molecule has 0 saturated heterocycles. The van der Waals surface area contributed by atoms with E-state index < -0.39 is 65.0 Å². The summed E-state index contributed by atoms with van der Waals surface area (Å²) in [6.07, 6.45) is 101. The standard InChI is InChI=1S/2C50H86O7S.Ca/c2*1-3-5-7-9-11-13-15-17-19-21-23-25-27-29-31-33-35-37-39-44-56-49(51)46-42-41-43-47(58(53,54)55)48(46)50(52)57-45-40-38-36-34-32-30-28-26-24-22-20-18-16-14-12-10-8-6-4-2;/h2*19-22,41-43H,3-18,23-40,44-45H2,1-2H3,(H,53,54,55);/q;;+2/p-2/b2*21-19+,22-20+;. The molecule has 2 rings (SSSR count). The summed E-state index contributed by atoms with van der Waals surface area (Å²) in [5.74, 6) is -3.63. The van der Waals surface area contributed by atoms with Gasteiger partial charge in [-0.3, -0.25) is 0 Å². The van der Waals surface area contributed by atoms with E-state index in [4.69, 9.17) is 18.9 Å². The SMILES string of the molecule is CCCCCCCCC/C=C/CCCCCCCCCCOC(=O)c1cccc(S(=O)(=O)[O-])c1C(=O)OCCCCCCCCCC/C=C/CCCCCCCCC.CCCCCCCCC/C=C/CCCCCCCCCCOC(=O)c1cccc(S(=O)(=O)[O-])c1C(=O)OCCCCCCCCCC/C=C/CCCCCCCCC.[Ca+2]. The van der Waals surface area contributed by atoms with Crippen molar-refractivity contribution in [1.82, 2.24) is 0 Å². The Labute approximate surface area is 747 Å². The molecule has 0 atom stereocenters. The summed E-state index contributed by atoms with van der Waals surface area (Å²) in [6, 6.07) is 7.26. The van der Waals surface area contributed by atoms with Crippen molar-refractivity contribution < 1.29 is 64.1 Å². The number of carbonyl (C=O) groups excluding carboxylic acids is 4. The zero-order valence-corrected chi connectivity index (χ0v) is 79.1. The molecule has 668 valence electrons. The molecule has 0 fully saturated rings. The van der Waals surface area contributed by atoms with Gasteiger partial charge in [0.15, 0.2) is 0 Å². The van der Waals surface area contributed by atoms with Crippen molar-refractivity contribution in [3.05, 3.63) is 107 Å². The first kappa shape index (κ1) is 113. The number of hydrogen-bond donors (Lipinski definition) is 0. The monoisotopic (exact) mass is 1700 g/mol. The molecule has 2 aromatic rings. The van der Waals surface area contributed by atoms with Gasteiger partial charge < -0.3 is 28.1 Å². The fourth-order valence-electron chi connectivity index (χ4n) is 14.7. The van der Waals surface area contributed by atoms with Gasteiger partial charge in [-0.25, -0.2) is 36.0 Å². The van der Waals surface area contributed by atoms with Crippen LogP contribution in [0, 0.1) is 0 Å². The third kappa shape index (κ3) is 69.5. The summed E-state index contributed by atoms with van der Waals surface area (Å²) in [5.41, 5.74) is -1.56. The molecule has 0 aliphatic rings. The predicted molar refractivity (Wildman–Crippen MR) is 489 cm³/mol. The number of esters is 4. The van der Waals surface area contributed by atoms with Crippen molar-refractivity contribution >= 4 is 81.9 Å². The third-order valence-corrected chi connectivity index (χ3v) is 23.8. The molecule has 14 nitrogen and oxygen atoms in total. The van der Waals surface area contributed by atoms with E-state index in [1.165, 1.54) is 345 Å². The van der Waals surface area contributed by atoms with Gasteiger partial charge in [0.2, 0.25) is 0 Å². The maximum absolute atomic E-state index is 13.0. The van der Waals surface area contributed by atoms with E-state index in [2.05, 4.69) is 76.3 Å². The summed E-state index contributed by atoms with van der Waals surface area (Å²) >= 11 is 0. The van der Waals surface area contributed by atoms with Gasteiger partial charge in [0.05, 0.1) is 58.5 Å². The molecular formula is C100H170CaO14S2. The van der Waals surface area contributed by atoms with E-state index in [1.807, 2.05) is 0 Å². The molecule has 0 radical (unpaired) electrons. The predicted octanol–water partition coefficient (Wildman–Crippen LogP) is 30.3. The van der Waals surface area contributed by atoms with Crippen LogP contribution in [-0.2, 0) is 39.2 Å². The Bertz CT molecular complexity index is 2810. The Hall–Kier alpha value is -3.64. The first-order valence-corrected chi connectivity index (χ1v) is 50.9. The van der Waals surface area contributed by atoms with Crippen molar-refractivity contribution in [2.75, 3.05) is 26.4 Å². The van der Waals surface area contributed by atoms with Crippen LogP contribution in [0.3, 0.4) is 0 Å². The molecule has 0 unspecified atom stereocenters. The Morgan fingerprint density at radius 3 is 0.564 bits per heavy atom. The molecular weight excluding hydrogens is 1530 g/mol. The van der Waals surface area contributed by atoms with Crippen LogP contribution < -0.4 is 0 Å². The van der Waals surface area contributed by atoms with Gasteiger partial charge in [-0.05, 0) is 153 Å². The summed E-state index contributed by atoms with van der Waals surface area (Å²) in [4.78, 5) is 50.5. The van der Waals surface area contributed by atoms with Crippen molar-refractivity contribution in [2.45, 2.75) is 474 Å². The minimum absolute atomic E-state index is 0. The summed E-state index contributed by atoms with van der Waals surface area (Å²) in [6.45, 7) is 9.53. The minimum atomic E-state index is -5.02. The van der Waals surface area contributed by atoms with Crippen LogP contribution in [0.5, 0.6) is 0 Å². The molecule has 0 spiro atoms. The fraction of sp³-hybridized carbons (Fsp3) is 0.760. The Kier molecular flexibility index (Phi) is 81.9. The molecule has 0 heterocycles. The maximum Gasteiger partial charge on any atom is 2.00 e. The second-order valence-corrected chi connectivity index (χ2v) is 35.5. The normalized spacial score (nSPS) is 11.8. The van der Waals surface area contributed by atoms with E-state index in [0.29, 0.717) is 25.7 Å². The largest absolute Gasteiger partial charge is 2.00 e. The van der Waals surface area contributed by atoms with Gasteiger partial charge in [-0.2, -0.15) is 0 Å². The van der Waals surface area contributed by atoms with Crippen LogP contribution in [0.15, 0.2) is 94.8 Å². The van der Waals surface area contributed by atoms with E-state index in [1.54, 1.807) is 0 Å². The van der Waals surface area contributed by atoms with Crippen LogP contribution in [0.25, 0.3) is 0 Å². The van der Waals surface area contributed by atoms with Gasteiger partial charge in [0.25, 0.3) is 0 Å². The second-order valence-electron chi connectivity index (χ2n) is 32.8. The Balaban J connectivity index is 0.00000228. The van der Waals surface area contributed by atoms with E-state index in [9.17, 15) is 45.1 Å². The molecule has 17 heteroatoms. The number of allylic oxidation sites excluding steroid dienone is 8. The number of benzene rings is 2. The van der Waals surface area contributed by atoms with Crippen molar-refractivity contribution in [2.24, 2.45) is 0 Å². The average Bonchev–Trinajstić information content (AvgIpc) is 0.796. The Morgan fingerprint density at radius 2 is 0.393 bits per heavy atom. The number of carbonyl (C=O) groups is 4. The maximum atomic E-state index is 13.0. The van der Waals surface area contributed by atoms with Gasteiger partial charge in [0.1, 0.15) is 20.2 Å². The summed E-state index contributed by atoms with van der Waals surface area (Å²) in [7, 11) is -10.0. The van der Waals surface area contributed by atoms with Crippen LogP contribution in [0.1, 0.15) is 506 Å². The van der Waals surface area contributed by atoms with Crippen LogP contribution in [0.4, 0.5) is 0 Å². The fourth-order valence-corrected chi connectivity index (χ4v) is 16.1. The van der Waals surface area contributed by atoms with Gasteiger partial charge >= 0.3 is 61.6 Å². The van der Waals surface area contributed by atoms with Gasteiger partial charge in [0, 0.05) is 0 Å². The first-order chi connectivity index (χ1) is 56.6. The Morgan fingerprint density at radius 1 is 0.239 bits per heavy atom. The molecule has 0 amide bonds. The quantitative estimate of drug-likeness (QED) is 0.0150. The number of rotatable bonds is 82. The summed E-state index contributed by atoms with van der Waals surface area (Å²) < 4.78 is 93.7. The number of ether oxygens (including phenoxy) is 4. The second kappa shape index (κ2) is 84.6. The minimum Gasteiger partial charge on any atom is -0.744 e. The molecule has 117 heavy (non-hydrogen) atoms. The molecule has 0 aromatic heterocycles. The van der Waals surface area contributed by atoms with E-state index in [-0.39, 0.29) is 75.3 Å². The van der Waals surface area contributed by atoms with Crippen molar-refractivity contribution in [1.29, 1.82) is 0 Å². The third-order valence-electron chi connectivity index (χ3n) is 22.0. The average molecular weight is 1700 g/mol. The topological polar surface area (TPSA) is 220 Å². The first-order valence-electron chi connectivity index (χ1n) is 48.1. The van der Waals surface area contributed by atoms with Crippen molar-refractivity contribution in [3.8, 4) is 0 Å². The van der Waals surface area contributed by atoms with Crippen LogP contribution >= 0.6 is 0 Å². The van der Waals surface area contributed by atoms with Crippen LogP contribution in [0.2, 0.25) is 0 Å². The van der Waals surface area contributed by atoms with Gasteiger partial charge in [-0.1, -0.05) is 397 Å². The zero-order chi connectivity index (χ0) is 84.4.